The largest absolute Gasteiger partial charge is 0.0955 e. The highest BCUT2D eigenvalue weighted by Gasteiger charge is 2.59. The monoisotopic (exact) mass is 520 g/mol. The van der Waals surface area contributed by atoms with Crippen molar-refractivity contribution >= 4 is 11.1 Å². The van der Waals surface area contributed by atoms with Gasteiger partial charge in [-0.2, -0.15) is 0 Å². The van der Waals surface area contributed by atoms with Gasteiger partial charge in [0.05, 0.1) is 0 Å². The zero-order valence-electron chi connectivity index (χ0n) is 26.8. The van der Waals surface area contributed by atoms with Gasteiger partial charge in [0.1, 0.15) is 0 Å². The van der Waals surface area contributed by atoms with Crippen LogP contribution in [-0.2, 0) is 5.41 Å². The molecule has 1 unspecified atom stereocenters. The number of allylic oxidation sites excluding steroid dienone is 3. The van der Waals surface area contributed by atoms with Gasteiger partial charge in [0.25, 0.3) is 0 Å². The minimum Gasteiger partial charge on any atom is -0.0955 e. The maximum absolute atomic E-state index is 4.31. The lowest BCUT2D eigenvalue weighted by Crippen LogP contribution is -2.12. The Hall–Kier alpha value is -2.86. The Morgan fingerprint density at radius 2 is 1.33 bits per heavy atom. The van der Waals surface area contributed by atoms with Crippen molar-refractivity contribution in [2.24, 2.45) is 5.41 Å². The minimum atomic E-state index is 0.259. The lowest BCUT2D eigenvalue weighted by atomic mass is 9.81. The van der Waals surface area contributed by atoms with Crippen molar-refractivity contribution in [3.05, 3.63) is 106 Å². The second kappa shape index (κ2) is 11.7. The first kappa shape index (κ1) is 30.7. The molecule has 0 aliphatic heterocycles. The predicted molar refractivity (Wildman–Crippen MR) is 176 cm³/mol. The van der Waals surface area contributed by atoms with Crippen LogP contribution in [0.3, 0.4) is 0 Å². The molecule has 1 saturated carbocycles. The van der Waals surface area contributed by atoms with Crippen LogP contribution >= 0.6 is 0 Å². The molecule has 0 amide bonds. The van der Waals surface area contributed by atoms with E-state index in [4.69, 9.17) is 0 Å². The molecule has 4 rings (SSSR count). The summed E-state index contributed by atoms with van der Waals surface area (Å²) in [4.78, 5) is 0. The Kier molecular flexibility index (Phi) is 9.21. The molecule has 1 fully saturated rings. The third-order valence-electron chi connectivity index (χ3n) is 9.13. The molecule has 1 aliphatic carbocycles. The lowest BCUT2D eigenvalue weighted by Gasteiger charge is -2.23. The molecule has 1 atom stereocenters. The molecule has 208 valence electrons. The van der Waals surface area contributed by atoms with Crippen LogP contribution in [0.2, 0.25) is 0 Å². The Balaban J connectivity index is 0.000000231. The van der Waals surface area contributed by atoms with Crippen molar-refractivity contribution < 1.29 is 0 Å². The second-order valence-corrected chi connectivity index (χ2v) is 13.3. The maximum atomic E-state index is 4.31. The number of hydrogen-bond acceptors (Lipinski definition) is 0. The first-order valence-electron chi connectivity index (χ1n) is 14.8. The van der Waals surface area contributed by atoms with E-state index < -0.39 is 0 Å². The van der Waals surface area contributed by atoms with Crippen molar-refractivity contribution in [3.8, 4) is 11.1 Å². The molecular formula is C39H52. The van der Waals surface area contributed by atoms with Crippen LogP contribution in [0.25, 0.3) is 22.3 Å². The zero-order chi connectivity index (χ0) is 29.3. The van der Waals surface area contributed by atoms with E-state index >= 15 is 0 Å². The molecule has 3 aromatic carbocycles. The summed E-state index contributed by atoms with van der Waals surface area (Å²) >= 11 is 0. The fraction of sp³-hybridized carbons (Fsp3) is 0.436. The molecule has 3 aromatic rings. The van der Waals surface area contributed by atoms with Crippen LogP contribution in [0.5, 0.6) is 0 Å². The van der Waals surface area contributed by atoms with Crippen LogP contribution in [0, 0.1) is 19.3 Å². The van der Waals surface area contributed by atoms with Crippen LogP contribution in [0.15, 0.2) is 67.3 Å². The lowest BCUT2D eigenvalue weighted by molar-refractivity contribution is 0.528. The fourth-order valence-corrected chi connectivity index (χ4v) is 6.17. The molecule has 0 saturated heterocycles. The summed E-state index contributed by atoms with van der Waals surface area (Å²) in [5.41, 5.74) is 15.7. The quantitative estimate of drug-likeness (QED) is 0.303. The molecule has 39 heavy (non-hydrogen) atoms. The summed E-state index contributed by atoms with van der Waals surface area (Å²) < 4.78 is 0. The van der Waals surface area contributed by atoms with E-state index in [1.54, 1.807) is 0 Å². The van der Waals surface area contributed by atoms with Gasteiger partial charge in [-0.05, 0) is 114 Å². The van der Waals surface area contributed by atoms with Crippen LogP contribution in [0.4, 0.5) is 0 Å². The zero-order valence-corrected chi connectivity index (χ0v) is 26.8. The predicted octanol–water partition coefficient (Wildman–Crippen LogP) is 12.0. The number of hydrogen-bond donors (Lipinski definition) is 0. The van der Waals surface area contributed by atoms with Gasteiger partial charge in [-0.15, -0.1) is 0 Å². The molecule has 0 aromatic heterocycles. The van der Waals surface area contributed by atoms with Gasteiger partial charge in [0.15, 0.2) is 0 Å². The molecule has 0 bridgehead atoms. The highest BCUT2D eigenvalue weighted by atomic mass is 14.6. The van der Waals surface area contributed by atoms with Gasteiger partial charge in [-0.1, -0.05) is 127 Å². The van der Waals surface area contributed by atoms with Crippen molar-refractivity contribution in [1.29, 1.82) is 0 Å². The molecule has 1 aliphatic rings. The smallest absolute Gasteiger partial charge is 0.00122 e. The SMILES string of the molecule is C/C=C(\C)c1c(C(C)C)cccc1C(C)C.C=C(C)c1c(-c2cc(C)ccc2C)cccc1C1(C)CC1(C)C. The Morgan fingerprint density at radius 3 is 1.79 bits per heavy atom. The third kappa shape index (κ3) is 6.16. The van der Waals surface area contributed by atoms with Gasteiger partial charge in [0.2, 0.25) is 0 Å². The van der Waals surface area contributed by atoms with Crippen molar-refractivity contribution in [1.82, 2.24) is 0 Å². The molecule has 0 N–H and O–H groups in total. The second-order valence-electron chi connectivity index (χ2n) is 13.3. The van der Waals surface area contributed by atoms with Gasteiger partial charge < -0.3 is 0 Å². The normalized spacial score (nSPS) is 18.2. The van der Waals surface area contributed by atoms with Gasteiger partial charge in [-0.25, -0.2) is 0 Å². The summed E-state index contributed by atoms with van der Waals surface area (Å²) in [6, 6.07) is 20.2. The summed E-state index contributed by atoms with van der Waals surface area (Å²) in [6.45, 7) is 31.4. The number of rotatable bonds is 6. The highest BCUT2D eigenvalue weighted by molar-refractivity contribution is 5.84. The van der Waals surface area contributed by atoms with Crippen LogP contribution in [-0.4, -0.2) is 0 Å². The summed E-state index contributed by atoms with van der Waals surface area (Å²) in [6.07, 6.45) is 3.46. The van der Waals surface area contributed by atoms with Crippen molar-refractivity contribution in [2.75, 3.05) is 0 Å². The molecule has 0 spiro atoms. The molecule has 0 radical (unpaired) electrons. The standard InChI is InChI=1S/C23H28.C16H24/c1-15(2)21-18(19-13-16(3)11-12-17(19)4)9-8-10-20(21)23(7)14-22(23,5)6;1-7-13(6)16-14(11(2)3)9-8-10-15(16)12(4)5/h8-13H,1,14H2,2-7H3;7-12H,1-6H3/b;13-7+. The van der Waals surface area contributed by atoms with E-state index in [1.807, 2.05) is 0 Å². The Bertz CT molecular complexity index is 1350. The van der Waals surface area contributed by atoms with Crippen molar-refractivity contribution in [3.63, 3.8) is 0 Å². The summed E-state index contributed by atoms with van der Waals surface area (Å²) in [7, 11) is 0. The first-order chi connectivity index (χ1) is 18.2. The third-order valence-corrected chi connectivity index (χ3v) is 9.13. The maximum Gasteiger partial charge on any atom is -0.00122 e. The van der Waals surface area contributed by atoms with Crippen LogP contribution in [0.1, 0.15) is 126 Å². The van der Waals surface area contributed by atoms with E-state index in [2.05, 4.69) is 150 Å². The van der Waals surface area contributed by atoms with Crippen molar-refractivity contribution in [2.45, 2.75) is 107 Å². The van der Waals surface area contributed by atoms with E-state index in [0.29, 0.717) is 17.3 Å². The van der Waals surface area contributed by atoms with E-state index in [9.17, 15) is 0 Å². The molecule has 0 heteroatoms. The topological polar surface area (TPSA) is 0 Å². The Labute approximate surface area is 240 Å². The minimum absolute atomic E-state index is 0.259. The van der Waals surface area contributed by atoms with E-state index in [0.717, 1.165) is 0 Å². The first-order valence-corrected chi connectivity index (χ1v) is 14.8. The summed E-state index contributed by atoms with van der Waals surface area (Å²) in [5, 5.41) is 0. The molecular weight excluding hydrogens is 468 g/mol. The fourth-order valence-electron chi connectivity index (χ4n) is 6.17. The Morgan fingerprint density at radius 1 is 0.795 bits per heavy atom. The number of benzene rings is 3. The van der Waals surface area contributed by atoms with Gasteiger partial charge in [-0.3, -0.25) is 0 Å². The average molecular weight is 521 g/mol. The molecule has 0 heterocycles. The van der Waals surface area contributed by atoms with Gasteiger partial charge in [0, 0.05) is 0 Å². The van der Waals surface area contributed by atoms with Gasteiger partial charge >= 0.3 is 0 Å². The average Bonchev–Trinajstić information content (AvgIpc) is 3.42. The molecule has 0 nitrogen and oxygen atoms in total. The number of aryl methyl sites for hydroxylation is 2. The van der Waals surface area contributed by atoms with Crippen LogP contribution < -0.4 is 0 Å². The summed E-state index contributed by atoms with van der Waals surface area (Å²) in [5.74, 6) is 1.17. The van der Waals surface area contributed by atoms with E-state index in [-0.39, 0.29) is 5.41 Å². The van der Waals surface area contributed by atoms with E-state index in [1.165, 1.54) is 67.6 Å². The highest BCUT2D eigenvalue weighted by Crippen LogP contribution is 2.65.